The van der Waals surface area contributed by atoms with Crippen molar-refractivity contribution in [2.45, 2.75) is 71.1 Å². The summed E-state index contributed by atoms with van der Waals surface area (Å²) >= 11 is 4.24. The summed E-state index contributed by atoms with van der Waals surface area (Å²) in [5, 5.41) is 0. The van der Waals surface area contributed by atoms with Gasteiger partial charge in [-0.05, 0) is 20.0 Å². The second kappa shape index (κ2) is 14.4. The molecule has 0 aliphatic carbocycles. The van der Waals surface area contributed by atoms with E-state index in [1.54, 1.807) is 0 Å². The summed E-state index contributed by atoms with van der Waals surface area (Å²) in [6.07, 6.45) is 14.3. The van der Waals surface area contributed by atoms with Crippen LogP contribution in [0.15, 0.2) is 0 Å². The first-order chi connectivity index (χ1) is 8.31. The second-order valence-electron chi connectivity index (χ2n) is 5.21. The second-order valence-corrected chi connectivity index (χ2v) is 5.66. The highest BCUT2D eigenvalue weighted by Gasteiger charge is 1.96. The average molecular weight is 260 g/mol. The zero-order chi connectivity index (χ0) is 12.8. The van der Waals surface area contributed by atoms with Crippen molar-refractivity contribution in [3.63, 3.8) is 0 Å². The molecule has 0 aromatic heterocycles. The van der Waals surface area contributed by atoms with Crippen molar-refractivity contribution in [3.8, 4) is 0 Å². The van der Waals surface area contributed by atoms with E-state index in [2.05, 4.69) is 31.5 Å². The lowest BCUT2D eigenvalue weighted by atomic mass is 10.1. The third-order valence-electron chi connectivity index (χ3n) is 3.38. The minimum absolute atomic E-state index is 0.980. The van der Waals surface area contributed by atoms with E-state index >= 15 is 0 Å². The fraction of sp³-hybridized carbons (Fsp3) is 1.00. The van der Waals surface area contributed by atoms with Gasteiger partial charge in [-0.25, -0.2) is 0 Å². The van der Waals surface area contributed by atoms with Crippen LogP contribution in [0.5, 0.6) is 0 Å². The van der Waals surface area contributed by atoms with Crippen molar-refractivity contribution >= 4 is 12.6 Å². The first-order valence-electron chi connectivity index (χ1n) is 7.60. The molecule has 0 saturated carbocycles. The van der Waals surface area contributed by atoms with Crippen LogP contribution in [0.3, 0.4) is 0 Å². The molecule has 0 aromatic rings. The largest absolute Gasteiger partial charge is 0.306 e. The molecule has 0 rings (SSSR count). The fourth-order valence-corrected chi connectivity index (χ4v) is 2.49. The number of rotatable bonds is 13. The first kappa shape index (κ1) is 17.3. The standard InChI is InChI=1S/C15H33NS/c1-3-4-5-6-7-8-9-10-11-12-13-16(2)14-15-17/h17H,3-15H2,1-2H3. The first-order valence-corrected chi connectivity index (χ1v) is 8.24. The van der Waals surface area contributed by atoms with Crippen LogP contribution in [0, 0.1) is 0 Å². The smallest absolute Gasteiger partial charge is 0.00668 e. The highest BCUT2D eigenvalue weighted by Crippen LogP contribution is 2.10. The molecular formula is C15H33NS. The van der Waals surface area contributed by atoms with E-state index in [0.29, 0.717) is 0 Å². The lowest BCUT2D eigenvalue weighted by molar-refractivity contribution is 0.343. The van der Waals surface area contributed by atoms with E-state index in [9.17, 15) is 0 Å². The van der Waals surface area contributed by atoms with E-state index in [1.807, 2.05) is 0 Å². The highest BCUT2D eigenvalue weighted by atomic mass is 32.1. The maximum absolute atomic E-state index is 4.24. The molecule has 0 aliphatic heterocycles. The van der Waals surface area contributed by atoms with Gasteiger partial charge < -0.3 is 4.90 Å². The van der Waals surface area contributed by atoms with Crippen molar-refractivity contribution in [1.29, 1.82) is 0 Å². The van der Waals surface area contributed by atoms with Crippen LogP contribution in [-0.4, -0.2) is 30.8 Å². The number of unbranched alkanes of at least 4 members (excludes halogenated alkanes) is 9. The molecule has 1 nitrogen and oxygen atoms in total. The van der Waals surface area contributed by atoms with E-state index in [4.69, 9.17) is 0 Å². The average Bonchev–Trinajstić information content (AvgIpc) is 2.32. The van der Waals surface area contributed by atoms with Crippen LogP contribution in [0.25, 0.3) is 0 Å². The van der Waals surface area contributed by atoms with Gasteiger partial charge >= 0.3 is 0 Å². The Balaban J connectivity index is 2.98. The Bertz CT molecular complexity index is 139. The van der Waals surface area contributed by atoms with Crippen LogP contribution in [-0.2, 0) is 0 Å². The van der Waals surface area contributed by atoms with Gasteiger partial charge in [0.25, 0.3) is 0 Å². The molecule has 0 radical (unpaired) electrons. The molecule has 0 bridgehead atoms. The van der Waals surface area contributed by atoms with Crippen molar-refractivity contribution in [3.05, 3.63) is 0 Å². The zero-order valence-electron chi connectivity index (χ0n) is 12.1. The molecule has 0 unspecified atom stereocenters. The lowest BCUT2D eigenvalue weighted by Crippen LogP contribution is -2.21. The Hall–Kier alpha value is 0.310. The summed E-state index contributed by atoms with van der Waals surface area (Å²) in [6, 6.07) is 0. The summed E-state index contributed by atoms with van der Waals surface area (Å²) in [6.45, 7) is 4.66. The Labute approximate surface area is 115 Å². The predicted octanol–water partition coefficient (Wildman–Crippen LogP) is 4.77. The van der Waals surface area contributed by atoms with Gasteiger partial charge in [0.1, 0.15) is 0 Å². The molecule has 104 valence electrons. The van der Waals surface area contributed by atoms with Crippen LogP contribution >= 0.6 is 12.6 Å². The summed E-state index contributed by atoms with van der Waals surface area (Å²) in [4.78, 5) is 2.39. The molecule has 0 N–H and O–H groups in total. The van der Waals surface area contributed by atoms with Crippen molar-refractivity contribution in [2.75, 3.05) is 25.9 Å². The van der Waals surface area contributed by atoms with Gasteiger partial charge in [-0.1, -0.05) is 64.7 Å². The van der Waals surface area contributed by atoms with Gasteiger partial charge in [-0.15, -0.1) is 0 Å². The van der Waals surface area contributed by atoms with E-state index in [0.717, 1.165) is 12.3 Å². The van der Waals surface area contributed by atoms with Gasteiger partial charge in [-0.2, -0.15) is 12.6 Å². The van der Waals surface area contributed by atoms with Gasteiger partial charge in [0.05, 0.1) is 0 Å². The number of hydrogen-bond donors (Lipinski definition) is 1. The molecule has 17 heavy (non-hydrogen) atoms. The van der Waals surface area contributed by atoms with Crippen LogP contribution in [0.4, 0.5) is 0 Å². The minimum Gasteiger partial charge on any atom is -0.306 e. The lowest BCUT2D eigenvalue weighted by Gasteiger charge is -2.14. The summed E-state index contributed by atoms with van der Waals surface area (Å²) < 4.78 is 0. The number of hydrogen-bond acceptors (Lipinski definition) is 2. The summed E-state index contributed by atoms with van der Waals surface area (Å²) in [5.41, 5.74) is 0. The minimum atomic E-state index is 0.980. The molecule has 0 amide bonds. The molecule has 2 heteroatoms. The topological polar surface area (TPSA) is 3.24 Å². The third kappa shape index (κ3) is 14.2. The SMILES string of the molecule is CCCCCCCCCCCCN(C)CCS. The van der Waals surface area contributed by atoms with Gasteiger partial charge in [0, 0.05) is 12.3 Å². The predicted molar refractivity (Wildman–Crippen MR) is 83.2 cm³/mol. The molecular weight excluding hydrogens is 226 g/mol. The molecule has 0 heterocycles. The van der Waals surface area contributed by atoms with Crippen LogP contribution < -0.4 is 0 Å². The van der Waals surface area contributed by atoms with E-state index < -0.39 is 0 Å². The number of nitrogens with zero attached hydrogens (tertiary/aromatic N) is 1. The third-order valence-corrected chi connectivity index (χ3v) is 3.58. The highest BCUT2D eigenvalue weighted by molar-refractivity contribution is 7.80. The van der Waals surface area contributed by atoms with Gasteiger partial charge in [0.2, 0.25) is 0 Å². The Morgan fingerprint density at radius 3 is 1.65 bits per heavy atom. The molecule has 0 atom stereocenters. The fourth-order valence-electron chi connectivity index (χ4n) is 2.15. The van der Waals surface area contributed by atoms with Crippen molar-refractivity contribution < 1.29 is 0 Å². The summed E-state index contributed by atoms with van der Waals surface area (Å²) in [5.74, 6) is 0.980. The van der Waals surface area contributed by atoms with Crippen molar-refractivity contribution in [1.82, 2.24) is 4.90 Å². The van der Waals surface area contributed by atoms with E-state index in [1.165, 1.54) is 70.8 Å². The van der Waals surface area contributed by atoms with Gasteiger partial charge in [-0.3, -0.25) is 0 Å². The van der Waals surface area contributed by atoms with Crippen LogP contribution in [0.1, 0.15) is 71.1 Å². The molecule has 0 saturated heterocycles. The van der Waals surface area contributed by atoms with E-state index in [-0.39, 0.29) is 0 Å². The van der Waals surface area contributed by atoms with Crippen LogP contribution in [0.2, 0.25) is 0 Å². The molecule has 0 aromatic carbocycles. The maximum atomic E-state index is 4.24. The van der Waals surface area contributed by atoms with Gasteiger partial charge in [0.15, 0.2) is 0 Å². The molecule has 0 aliphatic rings. The normalized spacial score (nSPS) is 11.3. The quantitative estimate of drug-likeness (QED) is 0.368. The molecule has 0 fully saturated rings. The number of thiol groups is 1. The Morgan fingerprint density at radius 2 is 1.18 bits per heavy atom. The van der Waals surface area contributed by atoms with Crippen molar-refractivity contribution in [2.24, 2.45) is 0 Å². The zero-order valence-corrected chi connectivity index (χ0v) is 13.0. The summed E-state index contributed by atoms with van der Waals surface area (Å²) in [7, 11) is 2.20. The Kier molecular flexibility index (Phi) is 14.6. The monoisotopic (exact) mass is 259 g/mol. The maximum Gasteiger partial charge on any atom is 0.00668 e. The molecule has 0 spiro atoms. The Morgan fingerprint density at radius 1 is 0.706 bits per heavy atom.